The van der Waals surface area contributed by atoms with Gasteiger partial charge < -0.3 is 9.32 Å². The normalized spacial score (nSPS) is 16.1. The highest BCUT2D eigenvalue weighted by atomic mass is 32.1. The number of aryl methyl sites for hydroxylation is 1. The summed E-state index contributed by atoms with van der Waals surface area (Å²) in [5.74, 6) is 1.26. The van der Waals surface area contributed by atoms with Crippen molar-refractivity contribution in [2.75, 3.05) is 13.1 Å². The number of carbonyl (C=O) groups is 1. The molecule has 0 N–H and O–H groups in total. The number of oxazole rings is 1. The number of likely N-dealkylation sites (tertiary alicyclic amines) is 1. The number of hydrogen-bond donors (Lipinski definition) is 0. The van der Waals surface area contributed by atoms with Crippen LogP contribution in [0.3, 0.4) is 0 Å². The Labute approximate surface area is 138 Å². The van der Waals surface area contributed by atoms with Gasteiger partial charge in [-0.25, -0.2) is 4.98 Å². The zero-order valence-electron chi connectivity index (χ0n) is 13.0. The molecule has 0 aliphatic carbocycles. The second kappa shape index (κ2) is 5.81. The van der Waals surface area contributed by atoms with Crippen LogP contribution < -0.4 is 0 Å². The Bertz CT molecular complexity index is 810. The van der Waals surface area contributed by atoms with Crippen LogP contribution in [0.4, 0.5) is 0 Å². The van der Waals surface area contributed by atoms with Crippen molar-refractivity contribution in [3.63, 3.8) is 0 Å². The number of hydrogen-bond acceptors (Lipinski definition) is 4. The third kappa shape index (κ3) is 2.77. The first-order valence-corrected chi connectivity index (χ1v) is 8.78. The van der Waals surface area contributed by atoms with Crippen molar-refractivity contribution >= 4 is 28.3 Å². The number of carbonyl (C=O) groups excluding carboxylic acids is 1. The van der Waals surface area contributed by atoms with Gasteiger partial charge in [0.1, 0.15) is 5.52 Å². The fourth-order valence-corrected chi connectivity index (χ4v) is 3.81. The fraction of sp³-hybridized carbons (Fsp3) is 0.333. The Morgan fingerprint density at radius 2 is 2.09 bits per heavy atom. The standard InChI is InChI=1S/C18H18N2O2S/c1-12-10-14(11-23-12)18(21)20-8-6-13(7-9-20)17-19-15-4-2-3-5-16(15)22-17/h2-5,10-11,13H,6-9H2,1H3. The van der Waals surface area contributed by atoms with E-state index in [4.69, 9.17) is 4.42 Å². The molecule has 118 valence electrons. The van der Waals surface area contributed by atoms with Crippen molar-refractivity contribution in [1.29, 1.82) is 0 Å². The molecule has 0 radical (unpaired) electrons. The van der Waals surface area contributed by atoms with Gasteiger partial charge in [-0.2, -0.15) is 0 Å². The van der Waals surface area contributed by atoms with E-state index in [1.165, 1.54) is 4.88 Å². The zero-order chi connectivity index (χ0) is 15.8. The lowest BCUT2D eigenvalue weighted by Gasteiger charge is -2.30. The van der Waals surface area contributed by atoms with E-state index in [-0.39, 0.29) is 5.91 Å². The average Bonchev–Trinajstić information content (AvgIpc) is 3.20. The molecule has 0 atom stereocenters. The van der Waals surface area contributed by atoms with Crippen molar-refractivity contribution in [3.8, 4) is 0 Å². The number of rotatable bonds is 2. The highest BCUT2D eigenvalue weighted by Crippen LogP contribution is 2.30. The molecule has 0 saturated carbocycles. The molecule has 1 aliphatic heterocycles. The largest absolute Gasteiger partial charge is 0.440 e. The Morgan fingerprint density at radius 1 is 1.30 bits per heavy atom. The number of para-hydroxylation sites is 2. The lowest BCUT2D eigenvalue weighted by molar-refractivity contribution is 0.0707. The van der Waals surface area contributed by atoms with Gasteiger partial charge in [0.25, 0.3) is 5.91 Å². The van der Waals surface area contributed by atoms with Crippen LogP contribution in [0.2, 0.25) is 0 Å². The smallest absolute Gasteiger partial charge is 0.254 e. The second-order valence-electron chi connectivity index (χ2n) is 6.03. The van der Waals surface area contributed by atoms with E-state index >= 15 is 0 Å². The van der Waals surface area contributed by atoms with Crippen LogP contribution in [0.15, 0.2) is 40.1 Å². The van der Waals surface area contributed by atoms with E-state index < -0.39 is 0 Å². The lowest BCUT2D eigenvalue weighted by Crippen LogP contribution is -2.37. The van der Waals surface area contributed by atoms with Gasteiger partial charge in [-0.3, -0.25) is 4.79 Å². The summed E-state index contributed by atoms with van der Waals surface area (Å²) in [4.78, 5) is 20.2. The highest BCUT2D eigenvalue weighted by molar-refractivity contribution is 7.10. The minimum atomic E-state index is 0.144. The molecular formula is C18H18N2O2S. The van der Waals surface area contributed by atoms with Crippen molar-refractivity contribution in [2.45, 2.75) is 25.7 Å². The Balaban J connectivity index is 1.45. The summed E-state index contributed by atoms with van der Waals surface area (Å²) in [6, 6.07) is 9.82. The van der Waals surface area contributed by atoms with Crippen LogP contribution in [0.25, 0.3) is 11.1 Å². The molecule has 4 nitrogen and oxygen atoms in total. The maximum atomic E-state index is 12.5. The van der Waals surface area contributed by atoms with Crippen LogP contribution >= 0.6 is 11.3 Å². The summed E-state index contributed by atoms with van der Waals surface area (Å²) in [6.45, 7) is 3.55. The van der Waals surface area contributed by atoms with E-state index in [0.717, 1.165) is 48.5 Å². The number of aromatic nitrogens is 1. The monoisotopic (exact) mass is 326 g/mol. The molecule has 0 bridgehead atoms. The Hall–Kier alpha value is -2.14. The summed E-state index contributed by atoms with van der Waals surface area (Å²) in [6.07, 6.45) is 1.81. The number of nitrogens with zero attached hydrogens (tertiary/aromatic N) is 2. The van der Waals surface area contributed by atoms with Crippen LogP contribution in [0.1, 0.15) is 39.9 Å². The Morgan fingerprint density at radius 3 is 2.78 bits per heavy atom. The van der Waals surface area contributed by atoms with E-state index in [0.29, 0.717) is 5.92 Å². The van der Waals surface area contributed by atoms with Gasteiger partial charge in [0.05, 0.1) is 5.56 Å². The summed E-state index contributed by atoms with van der Waals surface area (Å²) in [5.41, 5.74) is 2.57. The molecular weight excluding hydrogens is 308 g/mol. The van der Waals surface area contributed by atoms with Crippen LogP contribution in [0, 0.1) is 6.92 Å². The molecule has 1 saturated heterocycles. The average molecular weight is 326 g/mol. The molecule has 23 heavy (non-hydrogen) atoms. The molecule has 1 aliphatic rings. The van der Waals surface area contributed by atoms with Gasteiger partial charge >= 0.3 is 0 Å². The number of thiophene rings is 1. The van der Waals surface area contributed by atoms with Crippen molar-refractivity contribution in [2.24, 2.45) is 0 Å². The van der Waals surface area contributed by atoms with Gasteiger partial charge in [0.15, 0.2) is 11.5 Å². The first-order valence-electron chi connectivity index (χ1n) is 7.90. The van der Waals surface area contributed by atoms with Gasteiger partial charge in [-0.15, -0.1) is 11.3 Å². The van der Waals surface area contributed by atoms with Gasteiger partial charge in [-0.05, 0) is 38.0 Å². The van der Waals surface area contributed by atoms with E-state index in [1.54, 1.807) is 11.3 Å². The van der Waals surface area contributed by atoms with Crippen LogP contribution in [-0.2, 0) is 0 Å². The van der Waals surface area contributed by atoms with Crippen molar-refractivity contribution in [1.82, 2.24) is 9.88 Å². The molecule has 2 aromatic heterocycles. The quantitative estimate of drug-likeness (QED) is 0.708. The molecule has 4 rings (SSSR count). The molecule has 3 heterocycles. The van der Waals surface area contributed by atoms with Gasteiger partial charge in [0.2, 0.25) is 0 Å². The SMILES string of the molecule is Cc1cc(C(=O)N2CCC(c3nc4ccccc4o3)CC2)cs1. The lowest BCUT2D eigenvalue weighted by atomic mass is 9.96. The number of amides is 1. The second-order valence-corrected chi connectivity index (χ2v) is 7.15. The molecule has 1 fully saturated rings. The maximum Gasteiger partial charge on any atom is 0.254 e. The summed E-state index contributed by atoms with van der Waals surface area (Å²) >= 11 is 1.62. The van der Waals surface area contributed by atoms with E-state index in [2.05, 4.69) is 4.98 Å². The minimum absolute atomic E-state index is 0.144. The molecule has 0 unspecified atom stereocenters. The predicted octanol–water partition coefficient (Wildman–Crippen LogP) is 4.22. The number of fused-ring (bicyclic) bond motifs is 1. The van der Waals surface area contributed by atoms with Crippen LogP contribution in [-0.4, -0.2) is 28.9 Å². The van der Waals surface area contributed by atoms with E-state index in [9.17, 15) is 4.79 Å². The third-order valence-electron chi connectivity index (χ3n) is 4.42. The summed E-state index contributed by atoms with van der Waals surface area (Å²) < 4.78 is 5.88. The fourth-order valence-electron chi connectivity index (χ4n) is 3.13. The zero-order valence-corrected chi connectivity index (χ0v) is 13.8. The first kappa shape index (κ1) is 14.5. The Kier molecular flexibility index (Phi) is 3.65. The molecule has 0 spiro atoms. The maximum absolute atomic E-state index is 12.5. The van der Waals surface area contributed by atoms with Crippen molar-refractivity contribution in [3.05, 3.63) is 52.0 Å². The van der Waals surface area contributed by atoms with E-state index in [1.807, 2.05) is 47.5 Å². The van der Waals surface area contributed by atoms with Gasteiger partial charge in [-0.1, -0.05) is 12.1 Å². The number of benzene rings is 1. The molecule has 1 aromatic carbocycles. The summed E-state index contributed by atoms with van der Waals surface area (Å²) in [5, 5.41) is 1.95. The predicted molar refractivity (Wildman–Crippen MR) is 90.9 cm³/mol. The first-order chi connectivity index (χ1) is 11.2. The molecule has 5 heteroatoms. The minimum Gasteiger partial charge on any atom is -0.440 e. The number of piperidine rings is 1. The van der Waals surface area contributed by atoms with Crippen LogP contribution in [0.5, 0.6) is 0 Å². The van der Waals surface area contributed by atoms with Crippen molar-refractivity contribution < 1.29 is 9.21 Å². The highest BCUT2D eigenvalue weighted by Gasteiger charge is 2.27. The topological polar surface area (TPSA) is 46.3 Å². The third-order valence-corrected chi connectivity index (χ3v) is 5.28. The molecule has 1 amide bonds. The molecule has 3 aromatic rings. The van der Waals surface area contributed by atoms with Gasteiger partial charge in [0, 0.05) is 29.3 Å². The summed E-state index contributed by atoms with van der Waals surface area (Å²) in [7, 11) is 0.